The van der Waals surface area contributed by atoms with E-state index in [1.54, 1.807) is 114 Å². The van der Waals surface area contributed by atoms with Crippen LogP contribution >= 0.6 is 34.8 Å². The molecule has 0 saturated heterocycles. The minimum Gasteiger partial charge on any atom is -0.481 e. The molecule has 3 aromatic carbocycles. The Balaban J connectivity index is 0.000000202. The quantitative estimate of drug-likeness (QED) is 0.0237. The lowest BCUT2D eigenvalue weighted by atomic mass is 10.0. The number of hydrogen-bond acceptors (Lipinski definition) is 13. The Kier molecular flexibility index (Phi) is 24.5. The minimum atomic E-state index is -1.11. The number of nitrogens with one attached hydrogen (secondary N) is 2. The minimum absolute atomic E-state index is 0.00574. The highest BCUT2D eigenvalue weighted by Crippen LogP contribution is 2.26. The van der Waals surface area contributed by atoms with Crippen molar-refractivity contribution in [2.45, 2.75) is 85.9 Å². The van der Waals surface area contributed by atoms with Gasteiger partial charge in [0, 0.05) is 61.0 Å². The first-order valence-corrected chi connectivity index (χ1v) is 30.1. The number of amides is 3. The number of aliphatic carboxylic acids is 1. The van der Waals surface area contributed by atoms with Crippen LogP contribution in [0.3, 0.4) is 0 Å². The Morgan fingerprint density at radius 1 is 0.526 bits per heavy atom. The van der Waals surface area contributed by atoms with E-state index in [1.165, 1.54) is 68.2 Å². The molecule has 0 radical (unpaired) electrons. The van der Waals surface area contributed by atoms with E-state index in [0.29, 0.717) is 66.6 Å². The van der Waals surface area contributed by atoms with Crippen molar-refractivity contribution >= 4 is 87.4 Å². The summed E-state index contributed by atoms with van der Waals surface area (Å²) in [5, 5.41) is 17.1. The second kappa shape index (κ2) is 32.4. The fraction of sp³-hybridized carbons (Fsp3) is 0.239. The molecule has 0 fully saturated rings. The molecule has 0 atom stereocenters. The number of carbonyl (C=O) groups excluding carboxylic acids is 5. The van der Waals surface area contributed by atoms with E-state index >= 15 is 0 Å². The summed E-state index contributed by atoms with van der Waals surface area (Å²) in [6, 6.07) is 27.0. The Morgan fingerprint density at radius 3 is 1.19 bits per heavy atom. The summed E-state index contributed by atoms with van der Waals surface area (Å²) in [5.74, 6) is -5.15. The molecule has 0 unspecified atom stereocenters. The average Bonchev–Trinajstić information content (AvgIpc) is 0.793. The molecule has 22 nitrogen and oxygen atoms in total. The molecule has 0 aliphatic carbocycles. The lowest BCUT2D eigenvalue weighted by molar-refractivity contribution is -0.136. The van der Waals surface area contributed by atoms with Crippen LogP contribution in [0.25, 0.3) is 27.0 Å². The molecule has 0 saturated carbocycles. The topological polar surface area (TPSA) is 297 Å². The fourth-order valence-electron chi connectivity index (χ4n) is 9.65. The molecule has 0 bridgehead atoms. The molecule has 3 N–H and O–H groups in total. The average molecular weight is 1360 g/mol. The van der Waals surface area contributed by atoms with Gasteiger partial charge in [0.15, 0.2) is 0 Å². The highest BCUT2D eigenvalue weighted by Gasteiger charge is 2.23. The molecule has 3 amide bonds. The normalized spacial score (nSPS) is 10.9. The van der Waals surface area contributed by atoms with Gasteiger partial charge >= 0.3 is 36.0 Å². The van der Waals surface area contributed by atoms with Crippen LogP contribution in [-0.2, 0) is 62.5 Å². The van der Waals surface area contributed by atoms with Gasteiger partial charge in [0.1, 0.15) is 39.7 Å². The number of benzene rings is 3. The van der Waals surface area contributed by atoms with E-state index in [9.17, 15) is 61.4 Å². The number of nitrogens with zero attached hydrogens (tertiary/aromatic N) is 6. The van der Waals surface area contributed by atoms with Crippen LogP contribution in [0.4, 0.5) is 22.8 Å². The first-order valence-electron chi connectivity index (χ1n) is 29.0. The molecular formula is C67H60Cl3F3N8O14. The van der Waals surface area contributed by atoms with Crippen LogP contribution in [0.15, 0.2) is 147 Å². The van der Waals surface area contributed by atoms with Crippen molar-refractivity contribution < 1.29 is 66.0 Å². The number of carboxylic acid groups (broad SMARTS) is 1. The molecule has 9 rings (SSSR count). The van der Waals surface area contributed by atoms with Gasteiger partial charge in [-0.05, 0) is 152 Å². The maximum atomic E-state index is 14.4. The van der Waals surface area contributed by atoms with Crippen molar-refractivity contribution in [3.8, 4) is 0 Å². The number of urea groups is 1. The SMILES string of the molecule is CCOC(=O)c1cc(CC(=O)O)c2ccc(Cc3cccc(Cl)c3F)cn2c1=O.CCOC(=O)c1cc(CNC(=O)N=[N+]=[N-])c2ccc(Cc3cccc(Cl)c3F)cn2c1=O.CCOC(=O)c1cc(CNC(=O)OC(C)(C)C)c2ccc(Cc3cccc(Cl)c3F)cn2c1=O. The number of ether oxygens (including phenoxy) is 4. The van der Waals surface area contributed by atoms with Crippen LogP contribution in [0.2, 0.25) is 15.1 Å². The van der Waals surface area contributed by atoms with Gasteiger partial charge in [0.25, 0.3) is 16.7 Å². The van der Waals surface area contributed by atoms with Crippen molar-refractivity contribution in [3.05, 3.63) is 269 Å². The Bertz CT molecular complexity index is 4720. The lowest BCUT2D eigenvalue weighted by Gasteiger charge is -2.20. The van der Waals surface area contributed by atoms with E-state index in [2.05, 4.69) is 20.7 Å². The fourth-order valence-corrected chi connectivity index (χ4v) is 10.2. The molecule has 0 aliphatic heterocycles. The predicted octanol–water partition coefficient (Wildman–Crippen LogP) is 12.8. The first kappa shape index (κ1) is 72.0. The van der Waals surface area contributed by atoms with Gasteiger partial charge in [-0.25, -0.2) is 32.3 Å². The van der Waals surface area contributed by atoms with Gasteiger partial charge < -0.3 is 34.7 Å². The third kappa shape index (κ3) is 18.4. The number of fused-ring (bicyclic) bond motifs is 3. The number of halogens is 6. The predicted molar refractivity (Wildman–Crippen MR) is 347 cm³/mol. The third-order valence-corrected chi connectivity index (χ3v) is 14.7. The maximum absolute atomic E-state index is 14.4. The first-order chi connectivity index (χ1) is 45.2. The number of carbonyl (C=O) groups is 6. The van der Waals surface area contributed by atoms with Gasteiger partial charge in [-0.1, -0.05) is 89.4 Å². The molecule has 9 aromatic rings. The standard InChI is InChI=1S/C25H26ClFN2O5.C21H17ClFN5O4.C21H17ClFNO5/c1-5-33-23(31)18-12-17(13-28-24(32)34-25(2,3)4)20-10-9-15(14-29(20)22(18)30)11-16-7-6-8-19(26)21(16)27;1-2-32-20(30)15-9-14(10-25-21(31)26-27-24)17-7-6-12(11-28(17)19(15)29)8-13-4-3-5-16(22)18(13)23;1-2-29-21(28)15-9-14(10-18(25)26)17-7-6-12(11-24(17)20(15)27)8-13-4-3-5-16(22)19(13)23/h6-10,12,14H,5,11,13H2,1-4H3,(H,28,32);3-7,9,11H,2,8,10H2,1H3,(H,25,31);3-7,9,11H,2,8,10H2,1H3,(H,25,26). The molecule has 494 valence electrons. The van der Waals surface area contributed by atoms with E-state index < -0.39 is 75.7 Å². The van der Waals surface area contributed by atoms with Crippen molar-refractivity contribution in [2.24, 2.45) is 5.11 Å². The smallest absolute Gasteiger partial charge is 0.407 e. The summed E-state index contributed by atoms with van der Waals surface area (Å²) >= 11 is 17.5. The van der Waals surface area contributed by atoms with Crippen LogP contribution in [-0.4, -0.2) is 79.7 Å². The zero-order chi connectivity index (χ0) is 69.4. The Hall–Kier alpha value is -10.5. The highest BCUT2D eigenvalue weighted by atomic mass is 35.5. The van der Waals surface area contributed by atoms with Gasteiger partial charge in [-0.15, -0.1) is 0 Å². The van der Waals surface area contributed by atoms with Gasteiger partial charge in [-0.2, -0.15) is 0 Å². The van der Waals surface area contributed by atoms with E-state index in [4.69, 9.17) is 59.3 Å². The van der Waals surface area contributed by atoms with Crippen LogP contribution < -0.4 is 27.3 Å². The van der Waals surface area contributed by atoms with Crippen molar-refractivity contribution in [3.63, 3.8) is 0 Å². The molecule has 6 aromatic heterocycles. The van der Waals surface area contributed by atoms with E-state index in [-0.39, 0.29) is 90.4 Å². The molecular weight excluding hydrogens is 1300 g/mol. The van der Waals surface area contributed by atoms with Gasteiger partial charge in [0.05, 0.1) is 57.9 Å². The van der Waals surface area contributed by atoms with Gasteiger partial charge in [-0.3, -0.25) is 37.2 Å². The number of azide groups is 1. The summed E-state index contributed by atoms with van der Waals surface area (Å²) < 4.78 is 66.8. The third-order valence-electron chi connectivity index (χ3n) is 13.8. The Morgan fingerprint density at radius 2 is 0.863 bits per heavy atom. The number of rotatable bonds is 18. The molecule has 6 heterocycles. The highest BCUT2D eigenvalue weighted by molar-refractivity contribution is 6.31. The monoisotopic (exact) mass is 1360 g/mol. The van der Waals surface area contributed by atoms with Crippen LogP contribution in [0, 0.1) is 17.5 Å². The molecule has 0 aliphatic rings. The Labute approximate surface area is 553 Å². The summed E-state index contributed by atoms with van der Waals surface area (Å²) in [7, 11) is 0. The van der Waals surface area contributed by atoms with E-state index in [1.807, 2.05) is 0 Å². The second-order valence-electron chi connectivity index (χ2n) is 21.6. The zero-order valence-electron chi connectivity index (χ0n) is 51.7. The molecule has 0 spiro atoms. The summed E-state index contributed by atoms with van der Waals surface area (Å²) in [6.07, 6.45) is 3.97. The van der Waals surface area contributed by atoms with E-state index in [0.717, 1.165) is 0 Å². The number of esters is 3. The number of carboxylic acids is 1. The number of aromatic nitrogens is 3. The number of pyridine rings is 6. The van der Waals surface area contributed by atoms with Crippen LogP contribution in [0.1, 0.15) is 123 Å². The summed E-state index contributed by atoms with van der Waals surface area (Å²) in [4.78, 5) is 113. The second-order valence-corrected chi connectivity index (χ2v) is 22.9. The zero-order valence-corrected chi connectivity index (χ0v) is 54.0. The van der Waals surface area contributed by atoms with Gasteiger partial charge in [0.2, 0.25) is 0 Å². The van der Waals surface area contributed by atoms with Crippen molar-refractivity contribution in [1.29, 1.82) is 0 Å². The largest absolute Gasteiger partial charge is 0.481 e. The molecule has 95 heavy (non-hydrogen) atoms. The molecule has 28 heteroatoms. The number of alkyl carbamates (subject to hydrolysis) is 1. The van der Waals surface area contributed by atoms with Crippen LogP contribution in [0.5, 0.6) is 0 Å². The maximum Gasteiger partial charge on any atom is 0.407 e. The summed E-state index contributed by atoms with van der Waals surface area (Å²) in [5.41, 5.74) is 10.5. The lowest BCUT2D eigenvalue weighted by Crippen LogP contribution is -2.33. The number of hydrogen-bond donors (Lipinski definition) is 3. The van der Waals surface area contributed by atoms with Crippen molar-refractivity contribution in [2.75, 3.05) is 19.8 Å². The summed E-state index contributed by atoms with van der Waals surface area (Å²) in [6.45, 7) is 10.2. The van der Waals surface area contributed by atoms with Crippen molar-refractivity contribution in [1.82, 2.24) is 23.8 Å².